The van der Waals surface area contributed by atoms with Gasteiger partial charge >= 0.3 is 11.9 Å². The molecule has 3 heterocycles. The Morgan fingerprint density at radius 1 is 1.26 bits per heavy atom. The van der Waals surface area contributed by atoms with Gasteiger partial charge in [0, 0.05) is 34.2 Å². The Bertz CT molecular complexity index is 1260. The molecule has 1 saturated heterocycles. The summed E-state index contributed by atoms with van der Waals surface area (Å²) >= 11 is 0. The fourth-order valence-corrected chi connectivity index (χ4v) is 6.82. The molecule has 5 rings (SSSR count). The molecule has 11 nitrogen and oxygen atoms in total. The van der Waals surface area contributed by atoms with Gasteiger partial charge in [-0.2, -0.15) is 0 Å². The van der Waals surface area contributed by atoms with E-state index in [2.05, 4.69) is 11.6 Å². The number of carbonyl (C=O) groups excluding carboxylic acids is 1. The summed E-state index contributed by atoms with van der Waals surface area (Å²) in [7, 11) is 1.25. The summed E-state index contributed by atoms with van der Waals surface area (Å²) in [6.45, 7) is 3.39. The number of rotatable bonds is 7. The number of carboxylic acid groups (broad SMARTS) is 1. The molecule has 2 spiro atoms. The molecule has 1 saturated carbocycles. The number of carbonyl (C=O) groups is 2. The Balaban J connectivity index is 1.51. The van der Waals surface area contributed by atoms with Gasteiger partial charge in [0.1, 0.15) is 24.6 Å². The number of aromatic nitrogens is 1. The zero-order valence-electron chi connectivity index (χ0n) is 21.7. The zero-order valence-corrected chi connectivity index (χ0v) is 21.7. The van der Waals surface area contributed by atoms with Crippen molar-refractivity contribution in [1.29, 1.82) is 0 Å². The number of aliphatic hydroxyl groups is 3. The van der Waals surface area contributed by atoms with E-state index < -0.39 is 72.1 Å². The predicted molar refractivity (Wildman–Crippen MR) is 136 cm³/mol. The SMILES string of the molecule is C=CC1C(CC(=O)O)C(C(=O)OC)=CC2(CCCC2)C1OC1OC(CO)C2(C=c3cc[nH]c3=CO2)C(O)C1O. The molecule has 2 aliphatic carbocycles. The van der Waals surface area contributed by atoms with Crippen LogP contribution in [0.1, 0.15) is 32.1 Å². The van der Waals surface area contributed by atoms with Crippen LogP contribution in [0, 0.1) is 17.3 Å². The summed E-state index contributed by atoms with van der Waals surface area (Å²) in [5.74, 6) is -3.12. The van der Waals surface area contributed by atoms with Crippen LogP contribution in [0.4, 0.5) is 0 Å². The first-order chi connectivity index (χ1) is 18.7. The van der Waals surface area contributed by atoms with Crippen molar-refractivity contribution in [3.8, 4) is 0 Å². The first-order valence-corrected chi connectivity index (χ1v) is 13.2. The lowest BCUT2D eigenvalue weighted by atomic mass is 9.62. The van der Waals surface area contributed by atoms with Crippen LogP contribution in [0.25, 0.3) is 12.3 Å². The molecule has 5 N–H and O–H groups in total. The van der Waals surface area contributed by atoms with Gasteiger partial charge in [-0.05, 0) is 25.0 Å². The highest BCUT2D eigenvalue weighted by Gasteiger charge is 2.59. The highest BCUT2D eigenvalue weighted by molar-refractivity contribution is 5.90. The van der Waals surface area contributed by atoms with Crippen LogP contribution in [0.5, 0.6) is 0 Å². The smallest absolute Gasteiger partial charge is 0.333 e. The molecular formula is C28H35NO10. The van der Waals surface area contributed by atoms with Crippen LogP contribution in [-0.2, 0) is 28.5 Å². The van der Waals surface area contributed by atoms with E-state index in [0.29, 0.717) is 18.2 Å². The molecule has 212 valence electrons. The maximum atomic E-state index is 12.8. The first kappa shape index (κ1) is 27.6. The van der Waals surface area contributed by atoms with Crippen molar-refractivity contribution < 1.29 is 49.0 Å². The number of aliphatic hydroxyl groups excluding tert-OH is 3. The van der Waals surface area contributed by atoms with E-state index in [-0.39, 0.29) is 12.0 Å². The van der Waals surface area contributed by atoms with E-state index in [1.165, 1.54) is 13.4 Å². The topological polar surface area (TPSA) is 168 Å². The summed E-state index contributed by atoms with van der Waals surface area (Å²) in [6.07, 6.45) is 4.44. The number of ether oxygens (including phenoxy) is 4. The average molecular weight is 546 g/mol. The lowest BCUT2D eigenvalue weighted by molar-refractivity contribution is -0.333. The van der Waals surface area contributed by atoms with Gasteiger partial charge in [0.15, 0.2) is 11.9 Å². The second-order valence-electron chi connectivity index (χ2n) is 10.8. The predicted octanol–water partition coefficient (Wildman–Crippen LogP) is -0.307. The van der Waals surface area contributed by atoms with Crippen molar-refractivity contribution in [1.82, 2.24) is 4.98 Å². The lowest BCUT2D eigenvalue weighted by Gasteiger charge is -2.52. The Kier molecular flexibility index (Phi) is 7.47. The number of esters is 1. The Morgan fingerprint density at radius 3 is 2.64 bits per heavy atom. The maximum Gasteiger partial charge on any atom is 0.333 e. The van der Waals surface area contributed by atoms with Crippen LogP contribution in [0.3, 0.4) is 0 Å². The highest BCUT2D eigenvalue weighted by Crippen LogP contribution is 2.54. The monoisotopic (exact) mass is 545 g/mol. The van der Waals surface area contributed by atoms with Crippen LogP contribution < -0.4 is 10.6 Å². The second kappa shape index (κ2) is 10.5. The molecule has 2 fully saturated rings. The van der Waals surface area contributed by atoms with Gasteiger partial charge in [0.2, 0.25) is 0 Å². The number of nitrogens with one attached hydrogen (secondary N) is 1. The molecule has 2 aliphatic heterocycles. The van der Waals surface area contributed by atoms with Crippen LogP contribution in [-0.4, -0.2) is 87.4 Å². The third kappa shape index (κ3) is 4.52. The van der Waals surface area contributed by atoms with E-state index in [1.807, 2.05) is 0 Å². The third-order valence-electron chi connectivity index (χ3n) is 8.73. The van der Waals surface area contributed by atoms with Gasteiger partial charge in [0.25, 0.3) is 0 Å². The molecule has 0 radical (unpaired) electrons. The van der Waals surface area contributed by atoms with Crippen LogP contribution >= 0.6 is 0 Å². The molecule has 8 unspecified atom stereocenters. The molecule has 8 atom stereocenters. The van der Waals surface area contributed by atoms with Gasteiger partial charge < -0.3 is 44.4 Å². The van der Waals surface area contributed by atoms with E-state index in [9.17, 15) is 30.0 Å². The van der Waals surface area contributed by atoms with E-state index in [4.69, 9.17) is 18.9 Å². The minimum atomic E-state index is -1.58. The standard InChI is InChI=1S/C28H35NO10/c1-3-16-17(10-21(31)32)18(25(35)36-2)12-27(7-4-5-8-27)24(16)39-26-22(33)23(34)28(20(13-30)38-26)11-15-6-9-29-19(15)14-37-28/h3,6,9,11-12,14,16-17,20,22-24,26,29-30,33-34H,1,4-5,7-8,10,13H2,2H3,(H,31,32). The number of fused-ring (bicyclic) bond motifs is 1. The number of hydrogen-bond donors (Lipinski definition) is 5. The third-order valence-corrected chi connectivity index (χ3v) is 8.73. The molecule has 0 aromatic carbocycles. The van der Waals surface area contributed by atoms with Crippen molar-refractivity contribution in [3.63, 3.8) is 0 Å². The van der Waals surface area contributed by atoms with E-state index in [1.54, 1.807) is 30.5 Å². The van der Waals surface area contributed by atoms with Crippen molar-refractivity contribution in [2.75, 3.05) is 13.7 Å². The van der Waals surface area contributed by atoms with Crippen molar-refractivity contribution in [3.05, 3.63) is 47.1 Å². The molecular weight excluding hydrogens is 510 g/mol. The largest absolute Gasteiger partial charge is 0.483 e. The number of aliphatic carboxylic acids is 1. The maximum absolute atomic E-state index is 12.8. The number of H-pyrrole nitrogens is 1. The average Bonchev–Trinajstić information content (AvgIpc) is 3.59. The molecule has 1 aromatic rings. The molecule has 39 heavy (non-hydrogen) atoms. The van der Waals surface area contributed by atoms with Crippen LogP contribution in [0.15, 0.2) is 36.6 Å². The first-order valence-electron chi connectivity index (χ1n) is 13.2. The van der Waals surface area contributed by atoms with Gasteiger partial charge in [-0.15, -0.1) is 6.58 Å². The van der Waals surface area contributed by atoms with Gasteiger partial charge in [-0.25, -0.2) is 4.79 Å². The lowest BCUT2D eigenvalue weighted by Crippen LogP contribution is -2.69. The number of hydrogen-bond acceptors (Lipinski definition) is 9. The van der Waals surface area contributed by atoms with Crippen LogP contribution in [0.2, 0.25) is 0 Å². The number of aromatic amines is 1. The van der Waals surface area contributed by atoms with Gasteiger partial charge in [-0.1, -0.05) is 25.0 Å². The van der Waals surface area contributed by atoms with Crippen molar-refractivity contribution >= 4 is 24.3 Å². The zero-order chi connectivity index (χ0) is 27.9. The summed E-state index contributed by atoms with van der Waals surface area (Å²) < 4.78 is 23.4. The molecule has 0 amide bonds. The summed E-state index contributed by atoms with van der Waals surface area (Å²) in [5.41, 5.74) is -1.97. The fraction of sp³-hybridized carbons (Fsp3) is 0.571. The molecule has 0 bridgehead atoms. The van der Waals surface area contributed by atoms with Crippen molar-refractivity contribution in [2.45, 2.75) is 68.4 Å². The number of carboxylic acids is 1. The molecule has 1 aromatic heterocycles. The Morgan fingerprint density at radius 2 is 2.00 bits per heavy atom. The minimum Gasteiger partial charge on any atom is -0.483 e. The quantitative estimate of drug-likeness (QED) is 0.227. The van der Waals surface area contributed by atoms with Gasteiger partial charge in [-0.3, -0.25) is 4.79 Å². The Hall–Kier alpha value is -2.96. The molecule has 11 heteroatoms. The van der Waals surface area contributed by atoms with E-state index >= 15 is 0 Å². The molecule has 4 aliphatic rings. The second-order valence-corrected chi connectivity index (χ2v) is 10.8. The summed E-state index contributed by atoms with van der Waals surface area (Å²) in [6, 6.07) is 1.78. The fourth-order valence-electron chi connectivity index (χ4n) is 6.82. The Labute approximate surface area is 225 Å². The summed E-state index contributed by atoms with van der Waals surface area (Å²) in [5, 5.41) is 43.9. The van der Waals surface area contributed by atoms with Crippen molar-refractivity contribution in [2.24, 2.45) is 17.3 Å². The minimum absolute atomic E-state index is 0.270. The van der Waals surface area contributed by atoms with Gasteiger partial charge in [0.05, 0.1) is 31.6 Å². The van der Waals surface area contributed by atoms with E-state index in [0.717, 1.165) is 18.1 Å². The summed E-state index contributed by atoms with van der Waals surface area (Å²) in [4.78, 5) is 27.6. The normalized spacial score (nSPS) is 36.7. The number of methoxy groups -OCH3 is 1. The highest BCUT2D eigenvalue weighted by atomic mass is 16.7.